The number of carbonyl (C=O) groups is 3. The zero-order valence-corrected chi connectivity index (χ0v) is 21.4. The van der Waals surface area contributed by atoms with Crippen LogP contribution in [-0.4, -0.2) is 52.7 Å². The minimum atomic E-state index is -0.996. The maximum absolute atomic E-state index is 13.5. The fourth-order valence-corrected chi connectivity index (χ4v) is 4.31. The van der Waals surface area contributed by atoms with E-state index in [0.29, 0.717) is 0 Å². The fourth-order valence-electron chi connectivity index (χ4n) is 4.31. The van der Waals surface area contributed by atoms with Gasteiger partial charge in [-0.3, -0.25) is 4.79 Å². The average Bonchev–Trinajstić information content (AvgIpc) is 3.46. The summed E-state index contributed by atoms with van der Waals surface area (Å²) in [7, 11) is 1.28. The molecule has 0 aliphatic carbocycles. The van der Waals surface area contributed by atoms with Gasteiger partial charge in [0.05, 0.1) is 7.11 Å². The van der Waals surface area contributed by atoms with Crippen LogP contribution in [0.25, 0.3) is 21.8 Å². The zero-order valence-electron chi connectivity index (χ0n) is 21.4. The second-order valence-electron chi connectivity index (χ2n) is 9.91. The van der Waals surface area contributed by atoms with Crippen molar-refractivity contribution in [1.29, 1.82) is 0 Å². The van der Waals surface area contributed by atoms with E-state index >= 15 is 0 Å². The number of hydrogen-bond acceptors (Lipinski definition) is 5. The number of rotatable bonds is 8. The lowest BCUT2D eigenvalue weighted by Gasteiger charge is -2.25. The van der Waals surface area contributed by atoms with Crippen molar-refractivity contribution in [3.8, 4) is 0 Å². The average molecular weight is 505 g/mol. The van der Waals surface area contributed by atoms with E-state index in [2.05, 4.69) is 20.6 Å². The number of aromatic nitrogens is 2. The molecule has 37 heavy (non-hydrogen) atoms. The maximum atomic E-state index is 13.5. The van der Waals surface area contributed by atoms with Crippen LogP contribution in [0.2, 0.25) is 0 Å². The molecule has 0 aliphatic heterocycles. The molecular weight excluding hydrogens is 472 g/mol. The highest BCUT2D eigenvalue weighted by Gasteiger charge is 2.30. The highest BCUT2D eigenvalue weighted by Crippen LogP contribution is 2.21. The minimum Gasteiger partial charge on any atom is -0.467 e. The molecule has 0 radical (unpaired) electrons. The van der Waals surface area contributed by atoms with Crippen LogP contribution in [0.3, 0.4) is 0 Å². The van der Waals surface area contributed by atoms with Gasteiger partial charge in [0.1, 0.15) is 17.7 Å². The number of para-hydroxylation sites is 2. The van der Waals surface area contributed by atoms with Crippen LogP contribution in [0.5, 0.6) is 0 Å². The molecule has 0 aliphatic rings. The van der Waals surface area contributed by atoms with Crippen LogP contribution in [0.1, 0.15) is 31.9 Å². The largest absolute Gasteiger partial charge is 0.467 e. The number of carbonyl (C=O) groups excluding carboxylic acids is 3. The molecule has 9 heteroatoms. The third-order valence-corrected chi connectivity index (χ3v) is 6.01. The van der Waals surface area contributed by atoms with Gasteiger partial charge in [0, 0.05) is 47.0 Å². The van der Waals surface area contributed by atoms with Crippen molar-refractivity contribution in [3.63, 3.8) is 0 Å². The summed E-state index contributed by atoms with van der Waals surface area (Å²) in [5, 5.41) is 7.36. The van der Waals surface area contributed by atoms with Crippen molar-refractivity contribution in [2.45, 2.75) is 51.3 Å². The molecule has 2 aromatic heterocycles. The van der Waals surface area contributed by atoms with Crippen LogP contribution < -0.4 is 10.6 Å². The van der Waals surface area contributed by atoms with E-state index in [0.717, 1.165) is 32.9 Å². The van der Waals surface area contributed by atoms with Gasteiger partial charge in [-0.15, -0.1) is 0 Å². The molecule has 194 valence electrons. The van der Waals surface area contributed by atoms with Crippen LogP contribution in [0.4, 0.5) is 4.79 Å². The molecule has 9 nitrogen and oxygen atoms in total. The molecule has 0 saturated heterocycles. The molecule has 4 rings (SSSR count). The van der Waals surface area contributed by atoms with Gasteiger partial charge in [-0.25, -0.2) is 9.59 Å². The summed E-state index contributed by atoms with van der Waals surface area (Å²) in [5.41, 5.74) is 2.81. The first-order valence-electron chi connectivity index (χ1n) is 12.1. The van der Waals surface area contributed by atoms with E-state index in [-0.39, 0.29) is 12.8 Å². The molecule has 2 aromatic carbocycles. The van der Waals surface area contributed by atoms with Gasteiger partial charge in [0.15, 0.2) is 0 Å². The number of methoxy groups -OCH3 is 1. The number of benzene rings is 2. The maximum Gasteiger partial charge on any atom is 0.408 e. The van der Waals surface area contributed by atoms with Crippen molar-refractivity contribution in [3.05, 3.63) is 72.1 Å². The first-order valence-corrected chi connectivity index (χ1v) is 12.1. The summed E-state index contributed by atoms with van der Waals surface area (Å²) in [6.45, 7) is 5.24. The number of nitrogens with one attached hydrogen (secondary N) is 4. The van der Waals surface area contributed by atoms with E-state index in [9.17, 15) is 14.4 Å². The van der Waals surface area contributed by atoms with E-state index in [1.54, 1.807) is 20.8 Å². The second kappa shape index (κ2) is 10.8. The normalized spacial score (nSPS) is 13.2. The van der Waals surface area contributed by atoms with Gasteiger partial charge < -0.3 is 30.1 Å². The molecule has 4 aromatic rings. The topological polar surface area (TPSA) is 125 Å². The van der Waals surface area contributed by atoms with E-state index < -0.39 is 35.7 Å². The summed E-state index contributed by atoms with van der Waals surface area (Å²) in [4.78, 5) is 45.2. The number of hydrogen-bond donors (Lipinski definition) is 4. The highest BCUT2D eigenvalue weighted by atomic mass is 16.6. The molecule has 2 amide bonds. The number of amides is 2. The fraction of sp³-hybridized carbons (Fsp3) is 0.321. The number of aromatic amines is 2. The van der Waals surface area contributed by atoms with Crippen LogP contribution in [0.15, 0.2) is 60.9 Å². The predicted molar refractivity (Wildman–Crippen MR) is 141 cm³/mol. The molecule has 0 unspecified atom stereocenters. The molecule has 2 heterocycles. The lowest BCUT2D eigenvalue weighted by Crippen LogP contribution is -2.53. The number of alkyl carbamates (subject to hydrolysis) is 1. The Labute approximate surface area is 214 Å². The number of esters is 1. The molecule has 0 saturated carbocycles. The van der Waals surface area contributed by atoms with Gasteiger partial charge in [0.25, 0.3) is 0 Å². The summed E-state index contributed by atoms with van der Waals surface area (Å²) in [6.07, 6.45) is 3.31. The lowest BCUT2D eigenvalue weighted by atomic mass is 10.0. The molecule has 0 spiro atoms. The first kappa shape index (κ1) is 25.8. The standard InChI is InChI=1S/C28H32N4O5/c1-28(2,3)37-27(35)32-23(13-17-15-29-21-11-7-5-9-19(17)21)25(33)31-24(26(34)36-4)14-18-16-30-22-12-8-6-10-20(18)22/h5-12,15-16,23-24,29-30H,13-14H2,1-4H3,(H,31,33)(H,32,35)/t23-,24-/m0/s1. The first-order chi connectivity index (χ1) is 17.6. The zero-order chi connectivity index (χ0) is 26.6. The van der Waals surface area contributed by atoms with Crippen LogP contribution in [0, 0.1) is 0 Å². The predicted octanol–water partition coefficient (Wildman–Crippen LogP) is 3.99. The van der Waals surface area contributed by atoms with Crippen molar-refractivity contribution >= 4 is 39.8 Å². The van der Waals surface area contributed by atoms with Gasteiger partial charge in [-0.2, -0.15) is 0 Å². The monoisotopic (exact) mass is 504 g/mol. The third kappa shape index (κ3) is 6.30. The second-order valence-corrected chi connectivity index (χ2v) is 9.91. The Morgan fingerprint density at radius 2 is 1.32 bits per heavy atom. The van der Waals surface area contributed by atoms with Crippen molar-refractivity contribution in [1.82, 2.24) is 20.6 Å². The Bertz CT molecular complexity index is 1410. The smallest absolute Gasteiger partial charge is 0.408 e. The van der Waals surface area contributed by atoms with Crippen molar-refractivity contribution < 1.29 is 23.9 Å². The quantitative estimate of drug-likeness (QED) is 0.270. The van der Waals surface area contributed by atoms with Gasteiger partial charge in [0.2, 0.25) is 5.91 Å². The molecule has 0 fully saturated rings. The summed E-state index contributed by atoms with van der Waals surface area (Å²) < 4.78 is 10.4. The van der Waals surface area contributed by atoms with E-state index in [1.165, 1.54) is 7.11 Å². The number of ether oxygens (including phenoxy) is 2. The molecule has 2 atom stereocenters. The van der Waals surface area contributed by atoms with Crippen molar-refractivity contribution in [2.75, 3.05) is 7.11 Å². The number of fused-ring (bicyclic) bond motifs is 2. The summed E-state index contributed by atoms with van der Waals surface area (Å²) >= 11 is 0. The van der Waals surface area contributed by atoms with E-state index in [4.69, 9.17) is 9.47 Å². The highest BCUT2D eigenvalue weighted by molar-refractivity contribution is 5.92. The Balaban J connectivity index is 1.58. The van der Waals surface area contributed by atoms with Gasteiger partial charge in [-0.05, 0) is 44.0 Å². The van der Waals surface area contributed by atoms with E-state index in [1.807, 2.05) is 60.9 Å². The molecule has 0 bridgehead atoms. The number of H-pyrrole nitrogens is 2. The van der Waals surface area contributed by atoms with Gasteiger partial charge in [-0.1, -0.05) is 36.4 Å². The Morgan fingerprint density at radius 3 is 1.84 bits per heavy atom. The van der Waals surface area contributed by atoms with Gasteiger partial charge >= 0.3 is 12.1 Å². The summed E-state index contributed by atoms with van der Waals surface area (Å²) in [6, 6.07) is 13.5. The SMILES string of the molecule is COC(=O)[C@H](Cc1c[nH]c2ccccc12)NC(=O)[C@H](Cc1c[nH]c2ccccc12)NC(=O)OC(C)(C)C. The lowest BCUT2D eigenvalue weighted by molar-refractivity contribution is -0.145. The third-order valence-electron chi connectivity index (χ3n) is 6.01. The summed E-state index contributed by atoms with van der Waals surface area (Å²) in [5.74, 6) is -1.10. The van der Waals surface area contributed by atoms with Crippen LogP contribution in [-0.2, 0) is 31.9 Å². The van der Waals surface area contributed by atoms with Crippen molar-refractivity contribution in [2.24, 2.45) is 0 Å². The Hall–Kier alpha value is -4.27. The minimum absolute atomic E-state index is 0.191. The molecule has 4 N–H and O–H groups in total. The van der Waals surface area contributed by atoms with Crippen LogP contribution >= 0.6 is 0 Å². The molecular formula is C28H32N4O5. The Kier molecular flexibility index (Phi) is 7.52. The Morgan fingerprint density at radius 1 is 0.811 bits per heavy atom.